The summed E-state index contributed by atoms with van der Waals surface area (Å²) in [5.74, 6) is 0.818. The van der Waals surface area contributed by atoms with Crippen LogP contribution < -0.4 is 9.47 Å². The van der Waals surface area contributed by atoms with E-state index in [0.717, 1.165) is 0 Å². The van der Waals surface area contributed by atoms with Gasteiger partial charge in [-0.2, -0.15) is 0 Å². The summed E-state index contributed by atoms with van der Waals surface area (Å²) in [5.41, 5.74) is 0. The third kappa shape index (κ3) is 2.98. The van der Waals surface area contributed by atoms with E-state index in [0.29, 0.717) is 28.5 Å². The summed E-state index contributed by atoms with van der Waals surface area (Å²) < 4.78 is 24.7. The van der Waals surface area contributed by atoms with E-state index in [9.17, 15) is 4.39 Å². The molecule has 0 unspecified atom stereocenters. The highest BCUT2D eigenvalue weighted by Crippen LogP contribution is 2.33. The van der Waals surface area contributed by atoms with Crippen molar-refractivity contribution < 1.29 is 13.9 Å². The van der Waals surface area contributed by atoms with E-state index in [-0.39, 0.29) is 5.82 Å². The average Bonchev–Trinajstić information content (AvgIpc) is 2.36. The van der Waals surface area contributed by atoms with E-state index in [1.165, 1.54) is 12.1 Å². The molecule has 0 N–H and O–H groups in total. The van der Waals surface area contributed by atoms with Crippen molar-refractivity contribution in [2.75, 3.05) is 6.61 Å². The molecular formula is C13H11BrFNO2. The predicted octanol–water partition coefficient (Wildman–Crippen LogP) is 4.17. The van der Waals surface area contributed by atoms with Gasteiger partial charge in [0, 0.05) is 12.3 Å². The zero-order valence-electron chi connectivity index (χ0n) is 9.69. The number of nitrogens with zero attached hydrogens (tertiary/aromatic N) is 1. The van der Waals surface area contributed by atoms with Crippen molar-refractivity contribution in [3.63, 3.8) is 0 Å². The number of hydrogen-bond acceptors (Lipinski definition) is 3. The van der Waals surface area contributed by atoms with Gasteiger partial charge in [-0.15, -0.1) is 0 Å². The van der Waals surface area contributed by atoms with E-state index >= 15 is 0 Å². The van der Waals surface area contributed by atoms with Crippen LogP contribution >= 0.6 is 15.9 Å². The Morgan fingerprint density at radius 2 is 2.11 bits per heavy atom. The molecule has 1 aromatic carbocycles. The summed E-state index contributed by atoms with van der Waals surface area (Å²) in [6.45, 7) is 2.38. The number of hydrogen-bond donors (Lipinski definition) is 0. The van der Waals surface area contributed by atoms with E-state index in [2.05, 4.69) is 20.9 Å². The molecule has 2 aromatic rings. The maximum absolute atomic E-state index is 13.1. The molecule has 5 heteroatoms. The molecule has 0 bridgehead atoms. The molecule has 0 saturated heterocycles. The molecule has 0 aliphatic heterocycles. The topological polar surface area (TPSA) is 31.4 Å². The fraction of sp³-hybridized carbons (Fsp3) is 0.154. The fourth-order valence-corrected chi connectivity index (χ4v) is 1.71. The zero-order valence-corrected chi connectivity index (χ0v) is 11.3. The third-order valence-corrected chi connectivity index (χ3v) is 2.79. The molecule has 1 heterocycles. The second-order valence-corrected chi connectivity index (χ2v) is 4.27. The Morgan fingerprint density at radius 1 is 1.28 bits per heavy atom. The maximum atomic E-state index is 13.1. The molecule has 2 rings (SSSR count). The molecule has 0 spiro atoms. The Balaban J connectivity index is 2.30. The lowest BCUT2D eigenvalue weighted by atomic mass is 10.3. The van der Waals surface area contributed by atoms with Gasteiger partial charge in [0.15, 0.2) is 5.75 Å². The standard InChI is InChI=1S/C13H11BrFNO2/c1-2-17-11-4-3-7-16-13(11)18-12-8-9(15)5-6-10(12)14/h3-8H,2H2,1H3. The summed E-state index contributed by atoms with van der Waals surface area (Å²) in [7, 11) is 0. The van der Waals surface area contributed by atoms with Crippen LogP contribution in [0.5, 0.6) is 17.4 Å². The summed E-state index contributed by atoms with van der Waals surface area (Å²) in [4.78, 5) is 4.07. The Labute approximate surface area is 113 Å². The van der Waals surface area contributed by atoms with Gasteiger partial charge >= 0.3 is 0 Å². The molecule has 0 saturated carbocycles. The molecule has 0 aliphatic carbocycles. The van der Waals surface area contributed by atoms with Gasteiger partial charge in [0.2, 0.25) is 0 Å². The molecule has 0 amide bonds. The van der Waals surface area contributed by atoms with Crippen molar-refractivity contribution in [2.24, 2.45) is 0 Å². The maximum Gasteiger partial charge on any atom is 0.262 e. The Kier molecular flexibility index (Phi) is 4.15. The van der Waals surface area contributed by atoms with Crippen molar-refractivity contribution in [3.05, 3.63) is 46.8 Å². The molecule has 1 aromatic heterocycles. The van der Waals surface area contributed by atoms with Crippen LogP contribution in [0.3, 0.4) is 0 Å². The normalized spacial score (nSPS) is 10.2. The smallest absolute Gasteiger partial charge is 0.262 e. The predicted molar refractivity (Wildman–Crippen MR) is 69.6 cm³/mol. The van der Waals surface area contributed by atoms with Crippen molar-refractivity contribution >= 4 is 15.9 Å². The van der Waals surface area contributed by atoms with Gasteiger partial charge in [0.25, 0.3) is 5.88 Å². The molecule has 3 nitrogen and oxygen atoms in total. The highest BCUT2D eigenvalue weighted by Gasteiger charge is 2.10. The Morgan fingerprint density at radius 3 is 2.89 bits per heavy atom. The lowest BCUT2D eigenvalue weighted by Crippen LogP contribution is -1.97. The number of ether oxygens (including phenoxy) is 2. The molecular weight excluding hydrogens is 301 g/mol. The van der Waals surface area contributed by atoms with Gasteiger partial charge in [0.05, 0.1) is 11.1 Å². The fourth-order valence-electron chi connectivity index (χ4n) is 1.38. The van der Waals surface area contributed by atoms with Crippen LogP contribution in [0.25, 0.3) is 0 Å². The SMILES string of the molecule is CCOc1cccnc1Oc1cc(F)ccc1Br. The summed E-state index contributed by atoms with van der Waals surface area (Å²) in [6, 6.07) is 7.71. The summed E-state index contributed by atoms with van der Waals surface area (Å²) in [6.07, 6.45) is 1.59. The molecule has 18 heavy (non-hydrogen) atoms. The zero-order chi connectivity index (χ0) is 13.0. The van der Waals surface area contributed by atoms with Crippen LogP contribution in [0.15, 0.2) is 41.0 Å². The first-order chi connectivity index (χ1) is 8.70. The van der Waals surface area contributed by atoms with Gasteiger partial charge in [0.1, 0.15) is 11.6 Å². The highest BCUT2D eigenvalue weighted by atomic mass is 79.9. The van der Waals surface area contributed by atoms with Crippen LogP contribution in [-0.4, -0.2) is 11.6 Å². The second kappa shape index (κ2) is 5.82. The minimum atomic E-state index is -0.373. The van der Waals surface area contributed by atoms with Gasteiger partial charge in [-0.1, -0.05) is 0 Å². The number of rotatable bonds is 4. The minimum Gasteiger partial charge on any atom is -0.488 e. The molecule has 0 radical (unpaired) electrons. The first-order valence-electron chi connectivity index (χ1n) is 5.41. The number of halogens is 2. The van der Waals surface area contributed by atoms with E-state index in [1.807, 2.05) is 6.92 Å². The van der Waals surface area contributed by atoms with E-state index in [1.54, 1.807) is 24.4 Å². The molecule has 0 fully saturated rings. The highest BCUT2D eigenvalue weighted by molar-refractivity contribution is 9.10. The van der Waals surface area contributed by atoms with Crippen LogP contribution in [0.2, 0.25) is 0 Å². The second-order valence-electron chi connectivity index (χ2n) is 3.42. The molecule has 0 atom stereocenters. The van der Waals surface area contributed by atoms with Crippen molar-refractivity contribution in [1.29, 1.82) is 0 Å². The summed E-state index contributed by atoms with van der Waals surface area (Å²) >= 11 is 3.29. The van der Waals surface area contributed by atoms with Crippen molar-refractivity contribution in [3.8, 4) is 17.4 Å². The van der Waals surface area contributed by atoms with Crippen LogP contribution in [-0.2, 0) is 0 Å². The first-order valence-corrected chi connectivity index (χ1v) is 6.20. The van der Waals surface area contributed by atoms with Crippen molar-refractivity contribution in [1.82, 2.24) is 4.98 Å². The lowest BCUT2D eigenvalue weighted by molar-refractivity contribution is 0.315. The van der Waals surface area contributed by atoms with Crippen LogP contribution in [0.4, 0.5) is 4.39 Å². The largest absolute Gasteiger partial charge is 0.488 e. The lowest BCUT2D eigenvalue weighted by Gasteiger charge is -2.11. The molecule has 0 aliphatic rings. The number of pyridine rings is 1. The Bertz CT molecular complexity index is 548. The van der Waals surface area contributed by atoms with E-state index < -0.39 is 0 Å². The van der Waals surface area contributed by atoms with Gasteiger partial charge in [-0.3, -0.25) is 0 Å². The monoisotopic (exact) mass is 311 g/mol. The number of aromatic nitrogens is 1. The van der Waals surface area contributed by atoms with Gasteiger partial charge < -0.3 is 9.47 Å². The average molecular weight is 312 g/mol. The number of benzene rings is 1. The van der Waals surface area contributed by atoms with Crippen LogP contribution in [0.1, 0.15) is 6.92 Å². The third-order valence-electron chi connectivity index (χ3n) is 2.14. The first kappa shape index (κ1) is 12.8. The quantitative estimate of drug-likeness (QED) is 0.849. The summed E-state index contributed by atoms with van der Waals surface area (Å²) in [5, 5.41) is 0. The van der Waals surface area contributed by atoms with Crippen LogP contribution in [0, 0.1) is 5.82 Å². The van der Waals surface area contributed by atoms with Gasteiger partial charge in [-0.25, -0.2) is 9.37 Å². The van der Waals surface area contributed by atoms with Gasteiger partial charge in [-0.05, 0) is 47.1 Å². The minimum absolute atomic E-state index is 0.311. The van der Waals surface area contributed by atoms with Crippen molar-refractivity contribution in [2.45, 2.75) is 6.92 Å². The van der Waals surface area contributed by atoms with E-state index in [4.69, 9.17) is 9.47 Å². The molecule has 94 valence electrons. The Hall–Kier alpha value is -1.62.